The van der Waals surface area contributed by atoms with Gasteiger partial charge in [0.25, 0.3) is 0 Å². The monoisotopic (exact) mass is 246 g/mol. The van der Waals surface area contributed by atoms with Gasteiger partial charge >= 0.3 is 0 Å². The van der Waals surface area contributed by atoms with E-state index in [0.717, 1.165) is 11.1 Å². The summed E-state index contributed by atoms with van der Waals surface area (Å²) in [4.78, 5) is 0. The molecule has 2 nitrogen and oxygen atoms in total. The van der Waals surface area contributed by atoms with E-state index in [-0.39, 0.29) is 5.60 Å². The maximum Gasteiger partial charge on any atom is 0.116 e. The number of phenolic OH excluding ortho intramolecular Hbond substituents is 1. The van der Waals surface area contributed by atoms with Crippen molar-refractivity contribution in [3.8, 4) is 5.75 Å². The van der Waals surface area contributed by atoms with Crippen LogP contribution in [0.2, 0.25) is 0 Å². The number of aryl methyl sites for hydroxylation is 1. The molecule has 0 fully saturated rings. The summed E-state index contributed by atoms with van der Waals surface area (Å²) < 4.78 is 5.80. The molecule has 1 aromatic rings. The molecule has 0 heterocycles. The number of allylic oxidation sites excluding steroid dienone is 1. The van der Waals surface area contributed by atoms with Gasteiger partial charge in [-0.25, -0.2) is 0 Å². The average molecular weight is 246 g/mol. The van der Waals surface area contributed by atoms with Crippen LogP contribution in [0.25, 0.3) is 5.57 Å². The molecular formula is C16H22O2. The molecule has 0 bridgehead atoms. The summed E-state index contributed by atoms with van der Waals surface area (Å²) in [7, 11) is 1.75. The number of fused-ring (bicyclic) bond motifs is 1. The summed E-state index contributed by atoms with van der Waals surface area (Å²) in [6.45, 7) is 10.6. The second-order valence-electron chi connectivity index (χ2n) is 5.62. The molecule has 1 N–H and O–H groups in total. The molecule has 0 radical (unpaired) electrons. The summed E-state index contributed by atoms with van der Waals surface area (Å²) in [5.74, 6) is 0.750. The molecule has 0 amide bonds. The Balaban J connectivity index is 2.81. The quantitative estimate of drug-likeness (QED) is 0.854. The Bertz CT molecular complexity index is 526. The third-order valence-corrected chi connectivity index (χ3v) is 4.19. The van der Waals surface area contributed by atoms with E-state index in [1.807, 2.05) is 19.1 Å². The van der Waals surface area contributed by atoms with Gasteiger partial charge in [-0.3, -0.25) is 0 Å². The molecule has 1 aromatic carbocycles. The van der Waals surface area contributed by atoms with Crippen molar-refractivity contribution in [2.24, 2.45) is 5.92 Å². The Labute approximate surface area is 109 Å². The SMILES string of the molecule is COC1(C)C(C)=C(C(C)C)c2cc(O)cc(C)c21. The highest BCUT2D eigenvalue weighted by Crippen LogP contribution is 2.51. The van der Waals surface area contributed by atoms with Crippen molar-refractivity contribution in [2.45, 2.75) is 40.2 Å². The number of hydrogen-bond acceptors (Lipinski definition) is 2. The Morgan fingerprint density at radius 1 is 1.22 bits per heavy atom. The van der Waals surface area contributed by atoms with E-state index in [0.29, 0.717) is 11.7 Å². The lowest BCUT2D eigenvalue weighted by Crippen LogP contribution is -2.24. The smallest absolute Gasteiger partial charge is 0.116 e. The molecule has 1 aliphatic carbocycles. The van der Waals surface area contributed by atoms with Gasteiger partial charge in [-0.05, 0) is 66.7 Å². The van der Waals surface area contributed by atoms with Crippen LogP contribution in [0.1, 0.15) is 44.4 Å². The normalized spacial score (nSPS) is 22.8. The van der Waals surface area contributed by atoms with E-state index in [2.05, 4.69) is 27.7 Å². The number of benzene rings is 1. The molecule has 1 unspecified atom stereocenters. The molecule has 98 valence electrons. The molecule has 2 heteroatoms. The van der Waals surface area contributed by atoms with Gasteiger partial charge in [0.15, 0.2) is 0 Å². The van der Waals surface area contributed by atoms with Crippen LogP contribution in [0.5, 0.6) is 5.75 Å². The zero-order chi connectivity index (χ0) is 13.7. The number of ether oxygens (including phenoxy) is 1. The van der Waals surface area contributed by atoms with Gasteiger partial charge in [-0.1, -0.05) is 13.8 Å². The van der Waals surface area contributed by atoms with Gasteiger partial charge in [0.05, 0.1) is 0 Å². The Morgan fingerprint density at radius 2 is 1.83 bits per heavy atom. The minimum absolute atomic E-state index is 0.331. The highest BCUT2D eigenvalue weighted by Gasteiger charge is 2.41. The number of hydrogen-bond donors (Lipinski definition) is 1. The van der Waals surface area contributed by atoms with E-state index >= 15 is 0 Å². The second kappa shape index (κ2) is 4.13. The van der Waals surface area contributed by atoms with Crippen LogP contribution in [0.3, 0.4) is 0 Å². The van der Waals surface area contributed by atoms with Crippen molar-refractivity contribution in [1.29, 1.82) is 0 Å². The summed E-state index contributed by atoms with van der Waals surface area (Å²) in [5.41, 5.74) is 5.61. The van der Waals surface area contributed by atoms with Crippen LogP contribution in [0, 0.1) is 12.8 Å². The lowest BCUT2D eigenvalue weighted by molar-refractivity contribution is 0.0379. The van der Waals surface area contributed by atoms with E-state index in [9.17, 15) is 5.11 Å². The van der Waals surface area contributed by atoms with Gasteiger partial charge < -0.3 is 9.84 Å². The predicted octanol–water partition coefficient (Wildman–Crippen LogP) is 4.01. The molecule has 0 saturated heterocycles. The number of aromatic hydroxyl groups is 1. The molecule has 2 rings (SSSR count). The zero-order valence-corrected chi connectivity index (χ0v) is 12.1. The second-order valence-corrected chi connectivity index (χ2v) is 5.62. The van der Waals surface area contributed by atoms with Crippen LogP contribution in [-0.4, -0.2) is 12.2 Å². The van der Waals surface area contributed by atoms with Gasteiger partial charge in [0.2, 0.25) is 0 Å². The number of rotatable bonds is 2. The van der Waals surface area contributed by atoms with Gasteiger partial charge in [-0.15, -0.1) is 0 Å². The lowest BCUT2D eigenvalue weighted by atomic mass is 9.89. The first-order valence-electron chi connectivity index (χ1n) is 6.43. The van der Waals surface area contributed by atoms with Crippen LogP contribution in [0.4, 0.5) is 0 Å². The third-order valence-electron chi connectivity index (χ3n) is 4.19. The predicted molar refractivity (Wildman–Crippen MR) is 74.6 cm³/mol. The molecule has 1 atom stereocenters. The molecular weight excluding hydrogens is 224 g/mol. The first kappa shape index (κ1) is 13.2. The minimum Gasteiger partial charge on any atom is -0.508 e. The topological polar surface area (TPSA) is 29.5 Å². The zero-order valence-electron chi connectivity index (χ0n) is 12.1. The molecule has 0 saturated carbocycles. The van der Waals surface area contributed by atoms with Crippen LogP contribution in [0.15, 0.2) is 17.7 Å². The van der Waals surface area contributed by atoms with Crippen LogP contribution >= 0.6 is 0 Å². The maximum atomic E-state index is 9.84. The van der Waals surface area contributed by atoms with Crippen molar-refractivity contribution in [3.63, 3.8) is 0 Å². The molecule has 18 heavy (non-hydrogen) atoms. The Kier molecular flexibility index (Phi) is 3.02. The van der Waals surface area contributed by atoms with Crippen LogP contribution in [-0.2, 0) is 10.3 Å². The summed E-state index contributed by atoms with van der Waals surface area (Å²) in [6.07, 6.45) is 0. The lowest BCUT2D eigenvalue weighted by Gasteiger charge is -2.28. The van der Waals surface area contributed by atoms with Crippen molar-refractivity contribution >= 4 is 5.57 Å². The van der Waals surface area contributed by atoms with Crippen LogP contribution < -0.4 is 0 Å². The minimum atomic E-state index is -0.368. The fourth-order valence-corrected chi connectivity index (χ4v) is 3.26. The summed E-state index contributed by atoms with van der Waals surface area (Å²) >= 11 is 0. The first-order chi connectivity index (χ1) is 8.32. The number of methoxy groups -OCH3 is 1. The van der Waals surface area contributed by atoms with Gasteiger partial charge in [0.1, 0.15) is 11.4 Å². The molecule has 1 aliphatic rings. The molecule has 0 aliphatic heterocycles. The third kappa shape index (κ3) is 1.59. The van der Waals surface area contributed by atoms with E-state index in [4.69, 9.17) is 4.74 Å². The van der Waals surface area contributed by atoms with Crippen molar-refractivity contribution in [3.05, 3.63) is 34.4 Å². The standard InChI is InChI=1S/C16H22O2/c1-9(2)14-11(4)16(5,18-6)15-10(3)7-12(17)8-13(14)15/h7-9,17H,1-6H3. The fraction of sp³-hybridized carbons (Fsp3) is 0.500. The fourth-order valence-electron chi connectivity index (χ4n) is 3.26. The van der Waals surface area contributed by atoms with Crippen molar-refractivity contribution < 1.29 is 9.84 Å². The molecule has 0 aromatic heterocycles. The Hall–Kier alpha value is -1.28. The summed E-state index contributed by atoms with van der Waals surface area (Å²) in [6, 6.07) is 3.68. The van der Waals surface area contributed by atoms with Crippen molar-refractivity contribution in [1.82, 2.24) is 0 Å². The average Bonchev–Trinajstić information content (AvgIpc) is 2.48. The maximum absolute atomic E-state index is 9.84. The highest BCUT2D eigenvalue weighted by atomic mass is 16.5. The van der Waals surface area contributed by atoms with E-state index in [1.165, 1.54) is 16.7 Å². The van der Waals surface area contributed by atoms with E-state index in [1.54, 1.807) is 7.11 Å². The van der Waals surface area contributed by atoms with Gasteiger partial charge in [-0.2, -0.15) is 0 Å². The highest BCUT2D eigenvalue weighted by molar-refractivity contribution is 5.81. The van der Waals surface area contributed by atoms with Crippen molar-refractivity contribution in [2.75, 3.05) is 7.11 Å². The number of phenols is 1. The largest absolute Gasteiger partial charge is 0.508 e. The molecule has 0 spiro atoms. The first-order valence-corrected chi connectivity index (χ1v) is 6.43. The summed E-state index contributed by atoms with van der Waals surface area (Å²) in [5, 5.41) is 9.84. The Morgan fingerprint density at radius 3 is 2.33 bits per heavy atom. The van der Waals surface area contributed by atoms with E-state index < -0.39 is 0 Å². The van der Waals surface area contributed by atoms with Gasteiger partial charge in [0, 0.05) is 7.11 Å².